The molecule has 5 heteroatoms. The van der Waals surface area contributed by atoms with Crippen molar-refractivity contribution < 1.29 is 9.21 Å². The fourth-order valence-corrected chi connectivity index (χ4v) is 3.04. The maximum Gasteiger partial charge on any atom is 0.199 e. The largest absolute Gasteiger partial charge is 0.453 e. The number of hydrogen-bond acceptors (Lipinski definition) is 3. The summed E-state index contributed by atoms with van der Waals surface area (Å²) in [5.41, 5.74) is 0.891. The molecule has 3 rings (SSSR count). The molecular formula is C18H21Cl2NO2. The van der Waals surface area contributed by atoms with Crippen molar-refractivity contribution in [3.8, 4) is 11.3 Å². The number of carbonyl (C=O) groups excluding carboxylic acids is 1. The number of hydrogen-bond donors (Lipinski definition) is 0. The van der Waals surface area contributed by atoms with Crippen molar-refractivity contribution in [3.05, 3.63) is 47.2 Å². The molecule has 2 aromatic rings. The van der Waals surface area contributed by atoms with Crippen molar-refractivity contribution in [2.24, 2.45) is 0 Å². The van der Waals surface area contributed by atoms with E-state index < -0.39 is 0 Å². The fourth-order valence-electron chi connectivity index (χ4n) is 2.85. The second-order valence-corrected chi connectivity index (χ2v) is 6.19. The van der Waals surface area contributed by atoms with Crippen molar-refractivity contribution in [1.29, 1.82) is 0 Å². The van der Waals surface area contributed by atoms with E-state index in [2.05, 4.69) is 4.90 Å². The highest BCUT2D eigenvalue weighted by Crippen LogP contribution is 2.25. The molecule has 0 aliphatic carbocycles. The Morgan fingerprint density at radius 1 is 1.13 bits per heavy atom. The lowest BCUT2D eigenvalue weighted by molar-refractivity contribution is 0.0932. The number of furan rings is 1. The van der Waals surface area contributed by atoms with E-state index in [-0.39, 0.29) is 18.2 Å². The van der Waals surface area contributed by atoms with E-state index in [1.54, 1.807) is 6.07 Å². The molecule has 0 spiro atoms. The number of carbonyl (C=O) groups is 1. The molecule has 1 aliphatic heterocycles. The number of nitrogens with zero attached hydrogens (tertiary/aromatic N) is 1. The van der Waals surface area contributed by atoms with Crippen molar-refractivity contribution in [2.75, 3.05) is 19.6 Å². The number of halogens is 2. The van der Waals surface area contributed by atoms with Gasteiger partial charge in [-0.3, -0.25) is 4.79 Å². The maximum absolute atomic E-state index is 12.3. The summed E-state index contributed by atoms with van der Waals surface area (Å²) in [5, 5.41) is 0.659. The van der Waals surface area contributed by atoms with E-state index in [1.807, 2.05) is 30.3 Å². The Balaban J connectivity index is 0.00000192. The van der Waals surface area contributed by atoms with Crippen LogP contribution in [0.1, 0.15) is 36.2 Å². The quantitative estimate of drug-likeness (QED) is 0.702. The molecule has 3 nitrogen and oxygen atoms in total. The summed E-state index contributed by atoms with van der Waals surface area (Å²) in [6, 6.07) is 11.0. The molecule has 1 saturated heterocycles. The van der Waals surface area contributed by atoms with Gasteiger partial charge in [-0.15, -0.1) is 12.4 Å². The molecule has 0 bridgehead atoms. The van der Waals surface area contributed by atoms with Crippen molar-refractivity contribution in [3.63, 3.8) is 0 Å². The smallest absolute Gasteiger partial charge is 0.199 e. The molecule has 2 heterocycles. The average Bonchev–Trinajstić information content (AvgIpc) is 3.04. The minimum atomic E-state index is 0. The molecule has 0 saturated carbocycles. The third-order valence-electron chi connectivity index (χ3n) is 4.09. The second-order valence-electron chi connectivity index (χ2n) is 5.75. The lowest BCUT2D eigenvalue weighted by Crippen LogP contribution is -2.31. The Kier molecular flexibility index (Phi) is 6.70. The number of likely N-dealkylation sites (tertiary alicyclic amines) is 1. The highest BCUT2D eigenvalue weighted by Gasteiger charge is 2.15. The van der Waals surface area contributed by atoms with E-state index in [4.69, 9.17) is 16.0 Å². The van der Waals surface area contributed by atoms with Gasteiger partial charge in [0.1, 0.15) is 5.76 Å². The van der Waals surface area contributed by atoms with Gasteiger partial charge in [-0.25, -0.2) is 0 Å². The van der Waals surface area contributed by atoms with Gasteiger partial charge in [-0.2, -0.15) is 0 Å². The third kappa shape index (κ3) is 4.84. The Morgan fingerprint density at radius 2 is 1.91 bits per heavy atom. The van der Waals surface area contributed by atoms with Crippen LogP contribution < -0.4 is 0 Å². The van der Waals surface area contributed by atoms with Gasteiger partial charge < -0.3 is 9.32 Å². The zero-order valence-corrected chi connectivity index (χ0v) is 14.5. The van der Waals surface area contributed by atoms with Crippen LogP contribution >= 0.6 is 24.0 Å². The Bertz CT molecular complexity index is 648. The lowest BCUT2D eigenvalue weighted by atomic mass is 10.1. The van der Waals surface area contributed by atoms with E-state index in [1.165, 1.54) is 19.3 Å². The number of rotatable bonds is 5. The monoisotopic (exact) mass is 353 g/mol. The van der Waals surface area contributed by atoms with Gasteiger partial charge in [0, 0.05) is 23.6 Å². The summed E-state index contributed by atoms with van der Waals surface area (Å²) in [6.45, 7) is 3.05. The lowest BCUT2D eigenvalue weighted by Gasteiger charge is -2.25. The highest BCUT2D eigenvalue weighted by atomic mass is 35.5. The van der Waals surface area contributed by atoms with Crippen LogP contribution in [0.2, 0.25) is 5.02 Å². The summed E-state index contributed by atoms with van der Waals surface area (Å²) in [6.07, 6.45) is 4.32. The van der Waals surface area contributed by atoms with E-state index in [9.17, 15) is 4.79 Å². The summed E-state index contributed by atoms with van der Waals surface area (Å²) in [5.74, 6) is 1.19. The van der Waals surface area contributed by atoms with Crippen LogP contribution in [-0.4, -0.2) is 30.3 Å². The molecule has 0 amide bonds. The van der Waals surface area contributed by atoms with Crippen LogP contribution in [0.3, 0.4) is 0 Å². The van der Waals surface area contributed by atoms with Gasteiger partial charge >= 0.3 is 0 Å². The van der Waals surface area contributed by atoms with Gasteiger partial charge in [-0.05, 0) is 50.2 Å². The first kappa shape index (κ1) is 18.1. The van der Waals surface area contributed by atoms with Crippen LogP contribution in [0.5, 0.6) is 0 Å². The predicted octanol–water partition coefficient (Wildman–Crippen LogP) is 5.08. The highest BCUT2D eigenvalue weighted by molar-refractivity contribution is 6.30. The fraction of sp³-hybridized carbons (Fsp3) is 0.389. The maximum atomic E-state index is 12.3. The molecule has 1 aromatic carbocycles. The molecule has 23 heavy (non-hydrogen) atoms. The summed E-state index contributed by atoms with van der Waals surface area (Å²) in [7, 11) is 0. The molecule has 0 atom stereocenters. The molecule has 1 aromatic heterocycles. The normalized spacial score (nSPS) is 15.2. The minimum Gasteiger partial charge on any atom is -0.453 e. The molecule has 124 valence electrons. The van der Waals surface area contributed by atoms with E-state index in [0.29, 0.717) is 23.0 Å². The van der Waals surface area contributed by atoms with Crippen LogP contribution in [0, 0.1) is 0 Å². The summed E-state index contributed by atoms with van der Waals surface area (Å²) < 4.78 is 5.70. The van der Waals surface area contributed by atoms with Crippen LogP contribution in [0.15, 0.2) is 40.8 Å². The van der Waals surface area contributed by atoms with Gasteiger partial charge in [0.25, 0.3) is 0 Å². The Labute approximate surface area is 148 Å². The molecule has 1 fully saturated rings. The molecule has 0 unspecified atom stereocenters. The zero-order chi connectivity index (χ0) is 15.4. The van der Waals surface area contributed by atoms with Gasteiger partial charge in [0.15, 0.2) is 11.5 Å². The Hall–Kier alpha value is -1.29. The van der Waals surface area contributed by atoms with Gasteiger partial charge in [0.05, 0.1) is 0 Å². The average molecular weight is 354 g/mol. The predicted molar refractivity (Wildman–Crippen MR) is 95.6 cm³/mol. The first-order valence-corrected chi connectivity index (χ1v) is 8.21. The van der Waals surface area contributed by atoms with Crippen LogP contribution in [0.4, 0.5) is 0 Å². The Morgan fingerprint density at radius 3 is 2.65 bits per heavy atom. The number of Topliss-reactive ketones (excluding diaryl/α,β-unsaturated/α-hetero) is 1. The van der Waals surface area contributed by atoms with Crippen molar-refractivity contribution in [2.45, 2.75) is 25.7 Å². The first-order valence-electron chi connectivity index (χ1n) is 7.84. The van der Waals surface area contributed by atoms with Crippen LogP contribution in [0.25, 0.3) is 11.3 Å². The van der Waals surface area contributed by atoms with Crippen molar-refractivity contribution >= 4 is 29.8 Å². The van der Waals surface area contributed by atoms with E-state index >= 15 is 0 Å². The zero-order valence-electron chi connectivity index (χ0n) is 13.0. The molecule has 1 aliphatic rings. The number of piperidine rings is 1. The number of ketones is 1. The number of benzene rings is 1. The van der Waals surface area contributed by atoms with Gasteiger partial charge in [-0.1, -0.05) is 30.2 Å². The summed E-state index contributed by atoms with van der Waals surface area (Å²) in [4.78, 5) is 14.6. The van der Waals surface area contributed by atoms with Crippen LogP contribution in [-0.2, 0) is 0 Å². The molecule has 0 N–H and O–H groups in total. The molecule has 0 radical (unpaired) electrons. The third-order valence-corrected chi connectivity index (χ3v) is 4.33. The minimum absolute atomic E-state index is 0. The standard InChI is InChI=1S/C18H20ClNO2.ClH/c19-15-6-4-5-14(13-15)17-7-8-18(22-17)16(21)9-12-20-10-2-1-3-11-20;/h4-8,13H,1-3,9-12H2;1H. The SMILES string of the molecule is Cl.O=C(CCN1CCCCC1)c1ccc(-c2cccc(Cl)c2)o1. The first-order chi connectivity index (χ1) is 10.7. The topological polar surface area (TPSA) is 33.5 Å². The second kappa shape index (κ2) is 8.53. The molecular weight excluding hydrogens is 333 g/mol. The van der Waals surface area contributed by atoms with Gasteiger partial charge in [0.2, 0.25) is 0 Å². The van der Waals surface area contributed by atoms with E-state index in [0.717, 1.165) is 25.2 Å². The summed E-state index contributed by atoms with van der Waals surface area (Å²) >= 11 is 5.99. The van der Waals surface area contributed by atoms with Crippen molar-refractivity contribution in [1.82, 2.24) is 4.90 Å².